The first kappa shape index (κ1) is 18.8. The van der Waals surface area contributed by atoms with E-state index in [-0.39, 0.29) is 16.9 Å². The first-order valence-electron chi connectivity index (χ1n) is 7.18. The van der Waals surface area contributed by atoms with Crippen LogP contribution in [0.15, 0.2) is 24.3 Å². The molecule has 0 aliphatic carbocycles. The van der Waals surface area contributed by atoms with Crippen molar-refractivity contribution in [3.63, 3.8) is 0 Å². The molecular weight excluding hydrogens is 482 g/mol. The van der Waals surface area contributed by atoms with Crippen molar-refractivity contribution in [2.75, 3.05) is 5.32 Å². The lowest BCUT2D eigenvalue weighted by atomic mass is 10.1. The average Bonchev–Trinajstić information content (AvgIpc) is 3.13. The fraction of sp³-hybridized carbons (Fsp3) is 0.200. The van der Waals surface area contributed by atoms with Crippen LogP contribution in [0.25, 0.3) is 11.3 Å². The standard InChI is InChI=1S/C15H11F3IN5OS/c1-7-13(26-23-21-7)14(25)20-8-3-4-9(10(16)5-8)11-6-12(15(17,18)19)22-24(11)2/h3-6H,1-2H3,(H,20,25). The smallest absolute Gasteiger partial charge is 0.321 e. The van der Waals surface area contributed by atoms with Crippen LogP contribution in [0.1, 0.15) is 21.1 Å². The van der Waals surface area contributed by atoms with Gasteiger partial charge in [-0.05, 0) is 42.7 Å². The summed E-state index contributed by atoms with van der Waals surface area (Å²) in [6.45, 7) is 1.64. The molecule has 0 saturated heterocycles. The molecule has 0 radical (unpaired) electrons. The van der Waals surface area contributed by atoms with Crippen molar-refractivity contribution in [1.29, 1.82) is 0 Å². The van der Waals surface area contributed by atoms with Crippen LogP contribution >= 0.6 is 34.1 Å². The lowest BCUT2D eigenvalue weighted by molar-refractivity contribution is 0.102. The molecule has 0 fully saturated rings. The van der Waals surface area contributed by atoms with Crippen molar-refractivity contribution in [2.24, 2.45) is 7.05 Å². The number of benzene rings is 1. The zero-order valence-electron chi connectivity index (χ0n) is 13.4. The van der Waals surface area contributed by atoms with E-state index in [0.717, 1.165) is 46.3 Å². The maximum absolute atomic E-state index is 14.5. The van der Waals surface area contributed by atoms with Gasteiger partial charge in [0.1, 0.15) is 16.4 Å². The molecule has 1 amide bonds. The summed E-state index contributed by atoms with van der Waals surface area (Å²) in [6.07, 6.45) is 0. The molecular formula is C15H11F3IN5OS. The minimum atomic E-state index is -3.15. The Kier molecular flexibility index (Phi) is 5.01. The highest BCUT2D eigenvalue weighted by molar-refractivity contribution is 14.1. The summed E-state index contributed by atoms with van der Waals surface area (Å²) < 4.78 is 43.0. The molecule has 2 heterocycles. The number of aryl methyl sites for hydroxylation is 2. The number of anilines is 1. The molecule has 1 aromatic carbocycles. The molecule has 0 spiro atoms. The summed E-state index contributed by atoms with van der Waals surface area (Å²) in [7, 11) is 1.45. The third-order valence-electron chi connectivity index (χ3n) is 3.53. The fourth-order valence-corrected chi connectivity index (χ4v) is 3.10. The average molecular weight is 493 g/mol. The summed E-state index contributed by atoms with van der Waals surface area (Å²) in [6, 6.07) is 5.13. The van der Waals surface area contributed by atoms with Gasteiger partial charge in [-0.2, -0.15) is 13.9 Å². The first-order valence-corrected chi connectivity index (χ1v) is 9.03. The van der Waals surface area contributed by atoms with Gasteiger partial charge in [-0.15, -0.1) is 5.10 Å². The molecule has 0 bridgehead atoms. The van der Waals surface area contributed by atoms with Crippen molar-refractivity contribution in [2.45, 2.75) is 10.9 Å². The number of nitrogens with one attached hydrogen (secondary N) is 1. The molecule has 11 heteroatoms. The summed E-state index contributed by atoms with van der Waals surface area (Å²) >= 11 is 1.90. The van der Waals surface area contributed by atoms with Gasteiger partial charge >= 0.3 is 3.93 Å². The number of alkyl halides is 3. The van der Waals surface area contributed by atoms with Crippen LogP contribution in [-0.2, 0) is 11.0 Å². The Bertz CT molecular complexity index is 982. The second-order valence-corrected chi connectivity index (χ2v) is 7.48. The first-order chi connectivity index (χ1) is 12.2. The van der Waals surface area contributed by atoms with Gasteiger partial charge in [0.25, 0.3) is 5.91 Å². The van der Waals surface area contributed by atoms with E-state index in [1.54, 1.807) is 6.92 Å². The number of amides is 1. The van der Waals surface area contributed by atoms with Gasteiger partial charge in [-0.25, -0.2) is 4.39 Å². The van der Waals surface area contributed by atoms with E-state index >= 15 is 0 Å². The number of hydrogen-bond acceptors (Lipinski definition) is 5. The van der Waals surface area contributed by atoms with Gasteiger partial charge in [-0.1, -0.05) is 4.49 Å². The highest BCUT2D eigenvalue weighted by atomic mass is 127. The van der Waals surface area contributed by atoms with Crippen LogP contribution in [0.5, 0.6) is 0 Å². The minimum Gasteiger partial charge on any atom is -0.321 e. The maximum Gasteiger partial charge on any atom is 0.339 e. The zero-order chi connectivity index (χ0) is 19.1. The molecule has 136 valence electrons. The van der Waals surface area contributed by atoms with Crippen LogP contribution in [0.2, 0.25) is 0 Å². The van der Waals surface area contributed by atoms with E-state index in [1.807, 2.05) is 0 Å². The van der Waals surface area contributed by atoms with E-state index in [9.17, 15) is 18.0 Å². The van der Waals surface area contributed by atoms with Gasteiger partial charge in [0.2, 0.25) is 0 Å². The lowest BCUT2D eigenvalue weighted by Crippen LogP contribution is -2.11. The number of carbonyl (C=O) groups is 1. The van der Waals surface area contributed by atoms with E-state index in [1.165, 1.54) is 23.9 Å². The van der Waals surface area contributed by atoms with Crippen molar-refractivity contribution in [3.05, 3.63) is 46.3 Å². The molecule has 3 rings (SSSR count). The molecule has 0 saturated carbocycles. The van der Waals surface area contributed by atoms with Crippen LogP contribution in [-0.4, -0.2) is 25.3 Å². The molecule has 0 unspecified atom stereocenters. The third kappa shape index (κ3) is 3.72. The second-order valence-electron chi connectivity index (χ2n) is 5.37. The predicted molar refractivity (Wildman–Crippen MR) is 99.1 cm³/mol. The van der Waals surface area contributed by atoms with Gasteiger partial charge < -0.3 is 5.32 Å². The Morgan fingerprint density at radius 1 is 1.35 bits per heavy atom. The molecule has 0 aliphatic rings. The summed E-state index contributed by atoms with van der Waals surface area (Å²) in [5, 5.41) is 10.0. The van der Waals surface area contributed by atoms with E-state index in [0.29, 0.717) is 10.6 Å². The number of halogens is 4. The number of aromatic nitrogens is 4. The molecule has 1 N–H and O–H groups in total. The molecule has 6 nitrogen and oxygen atoms in total. The fourth-order valence-electron chi connectivity index (χ4n) is 2.29. The van der Waals surface area contributed by atoms with E-state index < -0.39 is 21.3 Å². The van der Waals surface area contributed by atoms with Crippen LogP contribution < -0.4 is 5.32 Å². The minimum absolute atomic E-state index is 0.0977. The molecule has 0 aliphatic heterocycles. The molecule has 26 heavy (non-hydrogen) atoms. The topological polar surface area (TPSA) is 72.7 Å². The van der Waals surface area contributed by atoms with Gasteiger partial charge in [0, 0.05) is 40.9 Å². The number of hydrogen-bond donors (Lipinski definition) is 1. The van der Waals surface area contributed by atoms with Crippen molar-refractivity contribution >= 4 is 45.7 Å². The molecule has 2 aromatic heterocycles. The van der Waals surface area contributed by atoms with E-state index in [4.69, 9.17) is 0 Å². The van der Waals surface area contributed by atoms with E-state index in [2.05, 4.69) is 20.0 Å². The Hall–Kier alpha value is -2.02. The number of rotatable bonds is 4. The van der Waals surface area contributed by atoms with Crippen molar-refractivity contribution < 1.29 is 18.0 Å². The normalized spacial score (nSPS) is 11.6. The van der Waals surface area contributed by atoms with Crippen LogP contribution in [0.4, 0.5) is 18.9 Å². The van der Waals surface area contributed by atoms with Gasteiger partial charge in [-0.3, -0.25) is 9.48 Å². The number of nitrogens with zero attached hydrogens (tertiary/aromatic N) is 4. The quantitative estimate of drug-likeness (QED) is 0.439. The highest BCUT2D eigenvalue weighted by Crippen LogP contribution is 2.36. The van der Waals surface area contributed by atoms with Crippen LogP contribution in [0, 0.1) is 12.7 Å². The molecule has 3 aromatic rings. The molecule has 0 atom stereocenters. The van der Waals surface area contributed by atoms with Gasteiger partial charge in [0.05, 0.1) is 11.4 Å². The summed E-state index contributed by atoms with van der Waals surface area (Å²) in [5.41, 5.74) is 0.549. The zero-order valence-corrected chi connectivity index (χ0v) is 16.4. The predicted octanol–water partition coefficient (Wildman–Crippen LogP) is 4.12. The SMILES string of the molecule is Cc1nnsc1C(=O)Nc1ccc(-c2cc(C(F)(F)I)nn2C)c(F)c1. The second kappa shape index (κ2) is 6.95. The summed E-state index contributed by atoms with van der Waals surface area (Å²) in [4.78, 5) is 12.5. The lowest BCUT2D eigenvalue weighted by Gasteiger charge is -2.08. The van der Waals surface area contributed by atoms with Gasteiger partial charge in [0.15, 0.2) is 0 Å². The summed E-state index contributed by atoms with van der Waals surface area (Å²) in [5.74, 6) is -1.12. The third-order valence-corrected chi connectivity index (χ3v) is 4.91. The van der Waals surface area contributed by atoms with Crippen LogP contribution in [0.3, 0.4) is 0 Å². The Labute approximate surface area is 163 Å². The Balaban J connectivity index is 1.88. The largest absolute Gasteiger partial charge is 0.339 e. The number of carbonyl (C=O) groups excluding carboxylic acids is 1. The Morgan fingerprint density at radius 3 is 2.62 bits per heavy atom. The highest BCUT2D eigenvalue weighted by Gasteiger charge is 2.31. The maximum atomic E-state index is 14.5. The van der Waals surface area contributed by atoms with Crippen molar-refractivity contribution in [1.82, 2.24) is 19.4 Å². The monoisotopic (exact) mass is 493 g/mol. The van der Waals surface area contributed by atoms with Crippen molar-refractivity contribution in [3.8, 4) is 11.3 Å². The Morgan fingerprint density at radius 2 is 2.08 bits per heavy atom.